The zero-order chi connectivity index (χ0) is 15.6. The van der Waals surface area contributed by atoms with Crippen LogP contribution in [0.1, 0.15) is 30.9 Å². The second-order valence-corrected chi connectivity index (χ2v) is 6.41. The third-order valence-corrected chi connectivity index (χ3v) is 4.48. The fourth-order valence-electron chi connectivity index (χ4n) is 3.09. The third-order valence-electron chi connectivity index (χ3n) is 4.48. The predicted octanol–water partition coefficient (Wildman–Crippen LogP) is 2.29. The highest BCUT2D eigenvalue weighted by molar-refractivity contribution is 5.53. The van der Waals surface area contributed by atoms with Gasteiger partial charge in [0.05, 0.1) is 6.61 Å². The summed E-state index contributed by atoms with van der Waals surface area (Å²) >= 11 is 0. The van der Waals surface area contributed by atoms with E-state index >= 15 is 0 Å². The van der Waals surface area contributed by atoms with E-state index in [-0.39, 0.29) is 0 Å². The van der Waals surface area contributed by atoms with E-state index in [1.807, 2.05) is 6.07 Å². The lowest BCUT2D eigenvalue weighted by atomic mass is 10.1. The van der Waals surface area contributed by atoms with Gasteiger partial charge in [0.15, 0.2) is 5.82 Å². The molecule has 0 amide bonds. The van der Waals surface area contributed by atoms with Gasteiger partial charge >= 0.3 is 0 Å². The summed E-state index contributed by atoms with van der Waals surface area (Å²) in [5, 5.41) is 10.7. The van der Waals surface area contributed by atoms with Gasteiger partial charge in [0, 0.05) is 50.0 Å². The number of hydrogen-bond acceptors (Lipinski definition) is 6. The van der Waals surface area contributed by atoms with Crippen LogP contribution < -0.4 is 10.2 Å². The molecule has 122 valence electrons. The maximum atomic E-state index is 5.25. The van der Waals surface area contributed by atoms with Gasteiger partial charge in [0.1, 0.15) is 5.82 Å². The van der Waals surface area contributed by atoms with E-state index in [2.05, 4.69) is 36.4 Å². The van der Waals surface area contributed by atoms with Gasteiger partial charge in [-0.05, 0) is 25.3 Å². The van der Waals surface area contributed by atoms with E-state index in [0.29, 0.717) is 11.8 Å². The summed E-state index contributed by atoms with van der Waals surface area (Å²) in [7, 11) is 1.75. The highest BCUT2D eigenvalue weighted by Gasteiger charge is 2.26. The van der Waals surface area contributed by atoms with Crippen molar-refractivity contribution in [3.05, 3.63) is 24.0 Å². The first-order chi connectivity index (χ1) is 11.3. The minimum absolute atomic E-state index is 0.563. The van der Waals surface area contributed by atoms with E-state index in [0.717, 1.165) is 43.7 Å². The normalized spacial score (nSPS) is 20.9. The van der Waals surface area contributed by atoms with Crippen LogP contribution in [-0.2, 0) is 4.74 Å². The van der Waals surface area contributed by atoms with Crippen molar-refractivity contribution in [2.24, 2.45) is 5.92 Å². The van der Waals surface area contributed by atoms with Crippen LogP contribution in [0.4, 0.5) is 17.6 Å². The Bertz CT molecular complexity index is 668. The fourth-order valence-corrected chi connectivity index (χ4v) is 3.09. The van der Waals surface area contributed by atoms with Crippen LogP contribution >= 0.6 is 0 Å². The minimum atomic E-state index is 0.563. The lowest BCUT2D eigenvalue weighted by Gasteiger charge is -2.16. The Morgan fingerprint density at radius 3 is 3.09 bits per heavy atom. The summed E-state index contributed by atoms with van der Waals surface area (Å²) < 4.78 is 5.25. The molecule has 2 aromatic heterocycles. The number of aromatic nitrogens is 4. The third kappa shape index (κ3) is 3.29. The fraction of sp³-hybridized carbons (Fsp3) is 0.562. The molecule has 0 radical (unpaired) electrons. The first-order valence-corrected chi connectivity index (χ1v) is 8.21. The Balaban J connectivity index is 1.43. The van der Waals surface area contributed by atoms with Crippen molar-refractivity contribution in [1.82, 2.24) is 20.2 Å². The number of aromatic amines is 1. The number of H-pyrrole nitrogens is 1. The molecule has 7 nitrogen and oxygen atoms in total. The molecule has 2 aromatic rings. The summed E-state index contributed by atoms with van der Waals surface area (Å²) in [6.45, 7) is 2.73. The molecule has 2 N–H and O–H groups in total. The van der Waals surface area contributed by atoms with Crippen LogP contribution in [0, 0.1) is 5.92 Å². The molecule has 1 aliphatic heterocycles. The Labute approximate surface area is 135 Å². The Hall–Kier alpha value is -2.15. The molecular weight excluding hydrogens is 292 g/mol. The van der Waals surface area contributed by atoms with Crippen molar-refractivity contribution in [2.75, 3.05) is 37.0 Å². The maximum absolute atomic E-state index is 5.25. The number of methoxy groups -OCH3 is 1. The molecule has 0 bridgehead atoms. The minimum Gasteiger partial charge on any atom is -0.384 e. The standard InChI is InChI=1S/C16H22N6O/c1-23-10-11-5-7-22(9-11)16-17-6-4-14(19-16)18-15-8-13(20-21-15)12-2-3-12/h4,6,8,11-12H,2-3,5,7,9-10H2,1H3,(H2,17,18,19,20,21)/t11-/m1/s1. The topological polar surface area (TPSA) is 79.0 Å². The lowest BCUT2D eigenvalue weighted by Crippen LogP contribution is -2.23. The van der Waals surface area contributed by atoms with E-state index in [1.54, 1.807) is 13.3 Å². The summed E-state index contributed by atoms with van der Waals surface area (Å²) in [6.07, 6.45) is 5.44. The Morgan fingerprint density at radius 2 is 2.26 bits per heavy atom. The number of nitrogens with one attached hydrogen (secondary N) is 2. The molecule has 1 atom stereocenters. The van der Waals surface area contributed by atoms with Crippen LogP contribution in [0.2, 0.25) is 0 Å². The second-order valence-electron chi connectivity index (χ2n) is 6.41. The summed E-state index contributed by atoms with van der Waals surface area (Å²) in [6, 6.07) is 3.95. The average molecular weight is 314 g/mol. The van der Waals surface area contributed by atoms with Gasteiger partial charge in [-0.25, -0.2) is 4.98 Å². The molecule has 0 unspecified atom stereocenters. The van der Waals surface area contributed by atoms with E-state index < -0.39 is 0 Å². The molecule has 3 heterocycles. The van der Waals surface area contributed by atoms with E-state index in [4.69, 9.17) is 4.74 Å². The van der Waals surface area contributed by atoms with Crippen LogP contribution in [0.3, 0.4) is 0 Å². The van der Waals surface area contributed by atoms with Gasteiger partial charge in [-0.3, -0.25) is 5.10 Å². The zero-order valence-corrected chi connectivity index (χ0v) is 13.3. The van der Waals surface area contributed by atoms with E-state index in [1.165, 1.54) is 18.5 Å². The molecule has 0 aromatic carbocycles. The van der Waals surface area contributed by atoms with Crippen LogP contribution in [0.5, 0.6) is 0 Å². The molecular formula is C16H22N6O. The largest absolute Gasteiger partial charge is 0.384 e. The number of ether oxygens (including phenoxy) is 1. The SMILES string of the molecule is COC[C@@H]1CCN(c2nccc(Nc3cc(C4CC4)[nH]n3)n2)C1. The van der Waals surface area contributed by atoms with Crippen molar-refractivity contribution in [3.8, 4) is 0 Å². The second kappa shape index (κ2) is 6.16. The van der Waals surface area contributed by atoms with Gasteiger partial charge in [-0.2, -0.15) is 10.1 Å². The quantitative estimate of drug-likeness (QED) is 0.852. The summed E-state index contributed by atoms with van der Waals surface area (Å²) in [5.74, 6) is 3.59. The van der Waals surface area contributed by atoms with Crippen LogP contribution in [0.25, 0.3) is 0 Å². The van der Waals surface area contributed by atoms with Crippen LogP contribution in [0.15, 0.2) is 18.3 Å². The first-order valence-electron chi connectivity index (χ1n) is 8.21. The number of rotatable bonds is 6. The zero-order valence-electron chi connectivity index (χ0n) is 13.3. The van der Waals surface area contributed by atoms with Crippen molar-refractivity contribution in [2.45, 2.75) is 25.2 Å². The summed E-state index contributed by atoms with van der Waals surface area (Å²) in [4.78, 5) is 11.2. The van der Waals surface area contributed by atoms with Gasteiger partial charge in [0.2, 0.25) is 5.95 Å². The highest BCUT2D eigenvalue weighted by Crippen LogP contribution is 2.39. The Kier molecular flexibility index (Phi) is 3.87. The van der Waals surface area contributed by atoms with Gasteiger partial charge in [-0.1, -0.05) is 0 Å². The molecule has 1 aliphatic carbocycles. The average Bonchev–Trinajstić information content (AvgIpc) is 3.13. The molecule has 4 rings (SSSR count). The molecule has 1 saturated carbocycles. The number of anilines is 3. The Morgan fingerprint density at radius 1 is 1.35 bits per heavy atom. The molecule has 2 fully saturated rings. The van der Waals surface area contributed by atoms with Gasteiger partial charge in [-0.15, -0.1) is 0 Å². The van der Waals surface area contributed by atoms with Crippen molar-refractivity contribution >= 4 is 17.6 Å². The molecule has 23 heavy (non-hydrogen) atoms. The lowest BCUT2D eigenvalue weighted by molar-refractivity contribution is 0.161. The number of hydrogen-bond donors (Lipinski definition) is 2. The number of nitrogens with zero attached hydrogens (tertiary/aromatic N) is 4. The van der Waals surface area contributed by atoms with Crippen molar-refractivity contribution in [1.29, 1.82) is 0 Å². The van der Waals surface area contributed by atoms with Crippen molar-refractivity contribution < 1.29 is 4.74 Å². The van der Waals surface area contributed by atoms with Gasteiger partial charge in [0.25, 0.3) is 0 Å². The smallest absolute Gasteiger partial charge is 0.227 e. The predicted molar refractivity (Wildman–Crippen MR) is 88.1 cm³/mol. The molecule has 1 saturated heterocycles. The van der Waals surface area contributed by atoms with Crippen molar-refractivity contribution in [3.63, 3.8) is 0 Å². The highest BCUT2D eigenvalue weighted by atomic mass is 16.5. The van der Waals surface area contributed by atoms with Gasteiger partial charge < -0.3 is 15.0 Å². The summed E-state index contributed by atoms with van der Waals surface area (Å²) in [5.41, 5.74) is 1.21. The van der Waals surface area contributed by atoms with Crippen LogP contribution in [-0.4, -0.2) is 47.0 Å². The first kappa shape index (κ1) is 14.4. The van der Waals surface area contributed by atoms with E-state index in [9.17, 15) is 0 Å². The monoisotopic (exact) mass is 314 g/mol. The molecule has 2 aliphatic rings. The molecule has 0 spiro atoms. The molecule has 7 heteroatoms. The maximum Gasteiger partial charge on any atom is 0.227 e.